The maximum Gasteiger partial charge on any atom is 0.155 e. The minimum absolute atomic E-state index is 0.207. The summed E-state index contributed by atoms with van der Waals surface area (Å²) in [6.45, 7) is 9.17. The highest BCUT2D eigenvalue weighted by atomic mass is 16.1. The van der Waals surface area contributed by atoms with E-state index in [0.29, 0.717) is 5.78 Å². The highest BCUT2D eigenvalue weighted by molar-refractivity contribution is 5.92. The summed E-state index contributed by atoms with van der Waals surface area (Å²) < 4.78 is 0. The predicted molar refractivity (Wildman–Crippen MR) is 102 cm³/mol. The minimum Gasteiger partial charge on any atom is -0.295 e. The minimum atomic E-state index is 0.207. The van der Waals surface area contributed by atoms with Crippen molar-refractivity contribution in [1.29, 1.82) is 0 Å². The number of ketones is 1. The average Bonchev–Trinajstić information content (AvgIpc) is 2.97. The molecule has 0 saturated heterocycles. The summed E-state index contributed by atoms with van der Waals surface area (Å²) in [5.41, 5.74) is 6.71. The van der Waals surface area contributed by atoms with E-state index in [4.69, 9.17) is 0 Å². The van der Waals surface area contributed by atoms with E-state index < -0.39 is 0 Å². The Morgan fingerprint density at radius 1 is 1.12 bits per heavy atom. The number of carbonyl (C=O) groups is 1. The summed E-state index contributed by atoms with van der Waals surface area (Å²) in [4.78, 5) is 11.7. The van der Waals surface area contributed by atoms with Crippen molar-refractivity contribution < 1.29 is 4.79 Å². The molecule has 3 unspecified atom stereocenters. The molecule has 0 amide bonds. The van der Waals surface area contributed by atoms with Crippen molar-refractivity contribution in [2.24, 2.45) is 17.3 Å². The number of unbranched alkanes of at least 4 members (excludes halogenated alkanes) is 1. The quantitative estimate of drug-likeness (QED) is 0.533. The van der Waals surface area contributed by atoms with Crippen LogP contribution in [0.4, 0.5) is 0 Å². The molecule has 0 N–H and O–H groups in total. The first-order chi connectivity index (χ1) is 11.5. The number of allylic oxidation sites excluding steroid dienone is 6. The van der Waals surface area contributed by atoms with Crippen LogP contribution < -0.4 is 0 Å². The van der Waals surface area contributed by atoms with E-state index in [9.17, 15) is 4.79 Å². The molecule has 0 aromatic heterocycles. The van der Waals surface area contributed by atoms with Gasteiger partial charge in [0.1, 0.15) is 0 Å². The van der Waals surface area contributed by atoms with E-state index in [1.54, 1.807) is 16.7 Å². The molecule has 4 aliphatic carbocycles. The molecule has 0 heterocycles. The van der Waals surface area contributed by atoms with E-state index in [1.807, 2.05) is 6.08 Å². The lowest BCUT2D eigenvalue weighted by Crippen LogP contribution is -2.34. The fraction of sp³-hybridized carbons (Fsp3) is 0.696. The molecule has 0 aromatic carbocycles. The Bertz CT molecular complexity index is 602. The van der Waals surface area contributed by atoms with Gasteiger partial charge in [-0.15, -0.1) is 0 Å². The second-order valence-electron chi connectivity index (χ2n) is 8.44. The third kappa shape index (κ3) is 2.95. The van der Waals surface area contributed by atoms with E-state index in [1.165, 1.54) is 44.1 Å². The largest absolute Gasteiger partial charge is 0.295 e. The van der Waals surface area contributed by atoms with Crippen LogP contribution in [0.5, 0.6) is 0 Å². The number of hydrogen-bond donors (Lipinski definition) is 0. The van der Waals surface area contributed by atoms with Crippen molar-refractivity contribution in [3.8, 4) is 0 Å². The smallest absolute Gasteiger partial charge is 0.155 e. The molecular formula is C23H34O. The van der Waals surface area contributed by atoms with Gasteiger partial charge in [0, 0.05) is 11.8 Å². The van der Waals surface area contributed by atoms with Gasteiger partial charge in [0.2, 0.25) is 0 Å². The second-order valence-corrected chi connectivity index (χ2v) is 8.44. The Morgan fingerprint density at radius 3 is 2.58 bits per heavy atom. The van der Waals surface area contributed by atoms with Crippen LogP contribution in [0, 0.1) is 17.3 Å². The third-order valence-corrected chi connectivity index (χ3v) is 6.94. The molecule has 0 fully saturated rings. The first-order valence-electron chi connectivity index (χ1n) is 10.2. The van der Waals surface area contributed by atoms with Gasteiger partial charge in [0.15, 0.2) is 5.78 Å². The van der Waals surface area contributed by atoms with Gasteiger partial charge >= 0.3 is 0 Å². The van der Waals surface area contributed by atoms with Crippen LogP contribution in [0.15, 0.2) is 34.4 Å². The lowest BCUT2D eigenvalue weighted by Gasteiger charge is -2.46. The molecule has 0 bridgehead atoms. The topological polar surface area (TPSA) is 17.1 Å². The Morgan fingerprint density at radius 2 is 1.88 bits per heavy atom. The summed E-state index contributed by atoms with van der Waals surface area (Å²) in [6, 6.07) is 0. The zero-order chi connectivity index (χ0) is 17.3. The monoisotopic (exact) mass is 326 g/mol. The van der Waals surface area contributed by atoms with E-state index in [2.05, 4.69) is 33.8 Å². The van der Waals surface area contributed by atoms with E-state index >= 15 is 0 Å². The molecule has 24 heavy (non-hydrogen) atoms. The standard InChI is InChI=1S/C19H24O.C4H10/c1-12-3-5-16-15(12)7-8-18-17(16)6-4-13-11-14(20)9-10-19(13,18)2;1-3-4-2/h5,11-12,15H,3-4,6-10H2,1-2H3;3-4H2,1-2H3. The van der Waals surface area contributed by atoms with Crippen LogP contribution in [0.3, 0.4) is 0 Å². The molecule has 4 rings (SSSR count). The van der Waals surface area contributed by atoms with Gasteiger partial charge < -0.3 is 0 Å². The van der Waals surface area contributed by atoms with Crippen molar-refractivity contribution in [3.63, 3.8) is 0 Å². The van der Waals surface area contributed by atoms with E-state index in [0.717, 1.165) is 31.1 Å². The second kappa shape index (κ2) is 7.02. The molecule has 4 aliphatic rings. The molecule has 0 spiro atoms. The normalized spacial score (nSPS) is 34.4. The maximum absolute atomic E-state index is 11.7. The molecular weight excluding hydrogens is 292 g/mol. The van der Waals surface area contributed by atoms with Crippen LogP contribution in [0.2, 0.25) is 0 Å². The number of carbonyl (C=O) groups excluding carboxylic acids is 1. The highest BCUT2D eigenvalue weighted by Crippen LogP contribution is 2.57. The van der Waals surface area contributed by atoms with Crippen molar-refractivity contribution >= 4 is 5.78 Å². The van der Waals surface area contributed by atoms with Crippen molar-refractivity contribution in [3.05, 3.63) is 34.4 Å². The number of fused-ring (bicyclic) bond motifs is 4. The van der Waals surface area contributed by atoms with Crippen molar-refractivity contribution in [2.45, 2.75) is 85.5 Å². The summed E-state index contributed by atoms with van der Waals surface area (Å²) in [5, 5.41) is 0. The maximum atomic E-state index is 11.7. The summed E-state index contributed by atoms with van der Waals surface area (Å²) in [6.07, 6.45) is 15.1. The van der Waals surface area contributed by atoms with Crippen LogP contribution >= 0.6 is 0 Å². The molecule has 132 valence electrons. The SMILES string of the molecule is CC1CC=C2C3=C(CCC21)C1(C)CCC(=O)C=C1CC3.CCCC. The number of rotatable bonds is 1. The Labute approximate surface area is 148 Å². The zero-order valence-electron chi connectivity index (χ0n) is 16.1. The van der Waals surface area contributed by atoms with E-state index in [-0.39, 0.29) is 5.41 Å². The first kappa shape index (κ1) is 17.7. The fourth-order valence-electron chi connectivity index (χ4n) is 5.16. The predicted octanol–water partition coefficient (Wildman–Crippen LogP) is 6.56. The molecule has 0 aliphatic heterocycles. The highest BCUT2D eigenvalue weighted by Gasteiger charge is 2.44. The van der Waals surface area contributed by atoms with Gasteiger partial charge in [-0.2, -0.15) is 0 Å². The van der Waals surface area contributed by atoms with Crippen molar-refractivity contribution in [1.82, 2.24) is 0 Å². The Kier molecular flexibility index (Phi) is 5.18. The third-order valence-electron chi connectivity index (χ3n) is 6.94. The van der Waals surface area contributed by atoms with Gasteiger partial charge in [-0.05, 0) is 67.6 Å². The van der Waals surface area contributed by atoms with Gasteiger partial charge in [0.25, 0.3) is 0 Å². The van der Waals surface area contributed by atoms with Crippen molar-refractivity contribution in [2.75, 3.05) is 0 Å². The zero-order valence-corrected chi connectivity index (χ0v) is 16.1. The molecule has 0 aromatic rings. The van der Waals surface area contributed by atoms with Crippen LogP contribution in [-0.4, -0.2) is 5.78 Å². The van der Waals surface area contributed by atoms with Gasteiger partial charge in [-0.3, -0.25) is 4.79 Å². The summed E-state index contributed by atoms with van der Waals surface area (Å²) >= 11 is 0. The Balaban J connectivity index is 0.000000383. The number of hydrogen-bond acceptors (Lipinski definition) is 1. The van der Waals surface area contributed by atoms with Gasteiger partial charge in [0.05, 0.1) is 0 Å². The molecule has 0 saturated carbocycles. The fourth-order valence-corrected chi connectivity index (χ4v) is 5.16. The van der Waals surface area contributed by atoms with Crippen LogP contribution in [0.1, 0.15) is 85.5 Å². The molecule has 0 radical (unpaired) electrons. The average molecular weight is 327 g/mol. The van der Waals surface area contributed by atoms with Crippen LogP contribution in [-0.2, 0) is 4.79 Å². The lowest BCUT2D eigenvalue weighted by atomic mass is 9.58. The molecule has 1 heteroatoms. The molecule has 3 atom stereocenters. The van der Waals surface area contributed by atoms with Gasteiger partial charge in [-0.25, -0.2) is 0 Å². The van der Waals surface area contributed by atoms with Crippen LogP contribution in [0.25, 0.3) is 0 Å². The molecule has 1 nitrogen and oxygen atoms in total. The first-order valence-corrected chi connectivity index (χ1v) is 10.2. The lowest BCUT2D eigenvalue weighted by molar-refractivity contribution is -0.115. The Hall–Kier alpha value is -1.11. The summed E-state index contributed by atoms with van der Waals surface area (Å²) in [7, 11) is 0. The summed E-state index contributed by atoms with van der Waals surface area (Å²) in [5.74, 6) is 2.02. The van der Waals surface area contributed by atoms with Gasteiger partial charge in [-0.1, -0.05) is 57.8 Å².